The first kappa shape index (κ1) is 17.0. The normalized spacial score (nSPS) is 17.5. The van der Waals surface area contributed by atoms with Crippen LogP contribution in [-0.4, -0.2) is 33.2 Å². The predicted molar refractivity (Wildman–Crippen MR) is 87.6 cm³/mol. The van der Waals surface area contributed by atoms with E-state index >= 15 is 0 Å². The molecule has 0 radical (unpaired) electrons. The van der Waals surface area contributed by atoms with Crippen molar-refractivity contribution in [1.82, 2.24) is 9.71 Å². The first-order chi connectivity index (χ1) is 11.5. The molecule has 0 unspecified atom stereocenters. The number of hydrogen-bond acceptors (Lipinski definition) is 4. The minimum absolute atomic E-state index is 0.131. The highest BCUT2D eigenvalue weighted by Crippen LogP contribution is 2.34. The number of nitrogens with one attached hydrogen (secondary N) is 1. The maximum atomic E-state index is 13.2. The Bertz CT molecular complexity index is 773. The zero-order valence-corrected chi connectivity index (χ0v) is 13.9. The first-order valence-corrected chi connectivity index (χ1v) is 9.24. The molecule has 7 heteroatoms. The molecule has 2 heterocycles. The molecule has 5 nitrogen and oxygen atoms in total. The van der Waals surface area contributed by atoms with Gasteiger partial charge in [-0.25, -0.2) is 17.5 Å². The summed E-state index contributed by atoms with van der Waals surface area (Å²) in [6.07, 6.45) is 4.19. The summed E-state index contributed by atoms with van der Waals surface area (Å²) >= 11 is 0. The summed E-state index contributed by atoms with van der Waals surface area (Å²) in [6, 6.07) is 9.34. The molecule has 0 amide bonds. The Morgan fingerprint density at radius 3 is 2.50 bits per heavy atom. The molecule has 0 atom stereocenters. The molecule has 0 spiro atoms. The van der Waals surface area contributed by atoms with E-state index in [1.165, 1.54) is 30.6 Å². The third-order valence-corrected chi connectivity index (χ3v) is 5.84. The molecule has 1 N–H and O–H groups in total. The van der Waals surface area contributed by atoms with Crippen LogP contribution in [0.2, 0.25) is 0 Å². The number of ether oxygens (including phenoxy) is 1. The highest BCUT2D eigenvalue weighted by atomic mass is 32.2. The lowest BCUT2D eigenvalue weighted by Gasteiger charge is -2.37. The molecule has 0 aliphatic carbocycles. The predicted octanol–water partition coefficient (Wildman–Crippen LogP) is 2.25. The second kappa shape index (κ2) is 6.96. The van der Waals surface area contributed by atoms with Gasteiger partial charge in [-0.1, -0.05) is 12.1 Å². The van der Waals surface area contributed by atoms with E-state index in [4.69, 9.17) is 4.74 Å². The highest BCUT2D eigenvalue weighted by molar-refractivity contribution is 7.89. The lowest BCUT2D eigenvalue weighted by Crippen LogP contribution is -2.44. The van der Waals surface area contributed by atoms with Crippen molar-refractivity contribution in [1.29, 1.82) is 0 Å². The van der Waals surface area contributed by atoms with Crippen molar-refractivity contribution < 1.29 is 17.5 Å². The molecular formula is C17H19FN2O3S. The van der Waals surface area contributed by atoms with E-state index in [0.717, 1.165) is 5.56 Å². The van der Waals surface area contributed by atoms with Crippen LogP contribution in [0.5, 0.6) is 0 Å². The molecule has 1 fully saturated rings. The van der Waals surface area contributed by atoms with Crippen molar-refractivity contribution >= 4 is 10.0 Å². The van der Waals surface area contributed by atoms with Gasteiger partial charge in [0.2, 0.25) is 10.0 Å². The Hall–Kier alpha value is -1.83. The summed E-state index contributed by atoms with van der Waals surface area (Å²) in [4.78, 5) is 3.98. The maximum Gasteiger partial charge on any atom is 0.242 e. The Morgan fingerprint density at radius 1 is 1.17 bits per heavy atom. The quantitative estimate of drug-likeness (QED) is 0.898. The number of rotatable bonds is 5. The molecule has 24 heavy (non-hydrogen) atoms. The van der Waals surface area contributed by atoms with Crippen molar-refractivity contribution in [3.05, 3.63) is 60.2 Å². The number of pyridine rings is 1. The second-order valence-electron chi connectivity index (χ2n) is 5.91. The SMILES string of the molecule is O=S(=O)(NCC1(c2ccc(F)cc2)CCOCC1)c1cccnc1. The third kappa shape index (κ3) is 3.63. The van der Waals surface area contributed by atoms with Crippen LogP contribution in [0, 0.1) is 5.82 Å². The second-order valence-corrected chi connectivity index (χ2v) is 7.68. The van der Waals surface area contributed by atoms with Crippen LogP contribution in [0.25, 0.3) is 0 Å². The van der Waals surface area contributed by atoms with Gasteiger partial charge in [-0.05, 0) is 42.7 Å². The van der Waals surface area contributed by atoms with Crippen molar-refractivity contribution in [3.63, 3.8) is 0 Å². The van der Waals surface area contributed by atoms with Crippen LogP contribution >= 0.6 is 0 Å². The average molecular weight is 350 g/mol. The van der Waals surface area contributed by atoms with E-state index < -0.39 is 15.4 Å². The van der Waals surface area contributed by atoms with Crippen LogP contribution in [0.3, 0.4) is 0 Å². The number of sulfonamides is 1. The van der Waals surface area contributed by atoms with Gasteiger partial charge in [-0.2, -0.15) is 0 Å². The topological polar surface area (TPSA) is 68.3 Å². The van der Waals surface area contributed by atoms with Crippen LogP contribution in [0.15, 0.2) is 53.7 Å². The number of benzene rings is 1. The van der Waals surface area contributed by atoms with E-state index in [1.54, 1.807) is 18.2 Å². The van der Waals surface area contributed by atoms with Gasteiger partial charge in [0.1, 0.15) is 10.7 Å². The molecule has 1 saturated heterocycles. The van der Waals surface area contributed by atoms with Gasteiger partial charge in [0, 0.05) is 37.6 Å². The molecule has 1 aliphatic heterocycles. The molecule has 3 rings (SSSR count). The van der Waals surface area contributed by atoms with Crippen LogP contribution in [0.4, 0.5) is 4.39 Å². The van der Waals surface area contributed by atoms with E-state index in [1.807, 2.05) is 0 Å². The van der Waals surface area contributed by atoms with E-state index in [2.05, 4.69) is 9.71 Å². The van der Waals surface area contributed by atoms with Gasteiger partial charge in [-0.15, -0.1) is 0 Å². The molecule has 1 aliphatic rings. The fraction of sp³-hybridized carbons (Fsp3) is 0.353. The number of hydrogen-bond donors (Lipinski definition) is 1. The Balaban J connectivity index is 1.84. The average Bonchev–Trinajstić information content (AvgIpc) is 2.62. The lowest BCUT2D eigenvalue weighted by atomic mass is 9.74. The minimum Gasteiger partial charge on any atom is -0.381 e. The van der Waals surface area contributed by atoms with Crippen molar-refractivity contribution in [2.45, 2.75) is 23.2 Å². The van der Waals surface area contributed by atoms with Crippen LogP contribution in [0.1, 0.15) is 18.4 Å². The van der Waals surface area contributed by atoms with Gasteiger partial charge in [0.05, 0.1) is 0 Å². The summed E-state index contributed by atoms with van der Waals surface area (Å²) < 4.78 is 46.3. The van der Waals surface area contributed by atoms with Gasteiger partial charge in [0.15, 0.2) is 0 Å². The fourth-order valence-corrected chi connectivity index (χ4v) is 4.05. The molecule has 128 valence electrons. The first-order valence-electron chi connectivity index (χ1n) is 7.75. The number of aromatic nitrogens is 1. The summed E-state index contributed by atoms with van der Waals surface area (Å²) in [5.74, 6) is -0.308. The van der Waals surface area contributed by atoms with E-state index in [0.29, 0.717) is 26.1 Å². The van der Waals surface area contributed by atoms with Crippen molar-refractivity contribution in [2.24, 2.45) is 0 Å². The maximum absolute atomic E-state index is 13.2. The van der Waals surface area contributed by atoms with Gasteiger partial charge < -0.3 is 4.74 Å². The van der Waals surface area contributed by atoms with Gasteiger partial charge in [-0.3, -0.25) is 4.98 Å². The molecule has 1 aromatic carbocycles. The zero-order valence-electron chi connectivity index (χ0n) is 13.1. The molecule has 0 bridgehead atoms. The fourth-order valence-electron chi connectivity index (χ4n) is 2.96. The number of nitrogens with zero attached hydrogens (tertiary/aromatic N) is 1. The highest BCUT2D eigenvalue weighted by Gasteiger charge is 2.35. The van der Waals surface area contributed by atoms with Crippen molar-refractivity contribution in [2.75, 3.05) is 19.8 Å². The summed E-state index contributed by atoms with van der Waals surface area (Å²) in [5.41, 5.74) is 0.516. The lowest BCUT2D eigenvalue weighted by molar-refractivity contribution is 0.0517. The molecule has 0 saturated carbocycles. The molecule has 2 aromatic rings. The summed E-state index contributed by atoms with van der Waals surface area (Å²) in [7, 11) is -3.64. The monoisotopic (exact) mass is 350 g/mol. The smallest absolute Gasteiger partial charge is 0.242 e. The standard InChI is InChI=1S/C17H19FN2O3S/c18-15-5-3-14(4-6-15)17(7-10-23-11-8-17)13-20-24(21,22)16-2-1-9-19-12-16/h1-6,9,12,20H,7-8,10-11,13H2. The minimum atomic E-state index is -3.64. The molecule has 1 aromatic heterocycles. The summed E-state index contributed by atoms with van der Waals surface area (Å²) in [5, 5.41) is 0. The largest absolute Gasteiger partial charge is 0.381 e. The van der Waals surface area contributed by atoms with Crippen LogP contribution < -0.4 is 4.72 Å². The van der Waals surface area contributed by atoms with E-state index in [9.17, 15) is 12.8 Å². The Morgan fingerprint density at radius 2 is 1.88 bits per heavy atom. The Kier molecular flexibility index (Phi) is 4.93. The summed E-state index contributed by atoms with van der Waals surface area (Å²) in [6.45, 7) is 1.33. The van der Waals surface area contributed by atoms with Gasteiger partial charge in [0.25, 0.3) is 0 Å². The molecular weight excluding hydrogens is 331 g/mol. The van der Waals surface area contributed by atoms with Gasteiger partial charge >= 0.3 is 0 Å². The van der Waals surface area contributed by atoms with Crippen molar-refractivity contribution in [3.8, 4) is 0 Å². The third-order valence-electron chi connectivity index (χ3n) is 4.45. The van der Waals surface area contributed by atoms with Crippen LogP contribution in [-0.2, 0) is 20.2 Å². The zero-order chi connectivity index (χ0) is 17.0. The number of halogens is 1. The Labute approximate surface area is 140 Å². The van der Waals surface area contributed by atoms with E-state index in [-0.39, 0.29) is 17.3 Å².